The monoisotopic (exact) mass is 333 g/mol. The Hall–Kier alpha value is -3.23. The Morgan fingerprint density at radius 3 is 2.17 bits per heavy atom. The number of esters is 1. The Kier molecular flexibility index (Phi) is 4.93. The van der Waals surface area contributed by atoms with Crippen LogP contribution in [0.1, 0.15) is 27.6 Å². The van der Waals surface area contributed by atoms with E-state index in [0.717, 1.165) is 4.90 Å². The molecular formula is C15H15N3O6. The van der Waals surface area contributed by atoms with Gasteiger partial charge in [-0.25, -0.2) is 9.59 Å². The van der Waals surface area contributed by atoms with Gasteiger partial charge in [0, 0.05) is 7.05 Å². The Labute approximate surface area is 136 Å². The summed E-state index contributed by atoms with van der Waals surface area (Å²) < 4.78 is 4.74. The van der Waals surface area contributed by atoms with Crippen LogP contribution in [0.4, 0.5) is 4.79 Å². The molecule has 1 aliphatic rings. The van der Waals surface area contributed by atoms with Crippen LogP contribution in [-0.4, -0.2) is 54.3 Å². The Balaban J connectivity index is 1.99. The zero-order valence-corrected chi connectivity index (χ0v) is 13.0. The summed E-state index contributed by atoms with van der Waals surface area (Å²) in [7, 11) is 1.32. The molecule has 1 atom stereocenters. The van der Waals surface area contributed by atoms with Gasteiger partial charge in [0.25, 0.3) is 17.7 Å². The lowest BCUT2D eigenvalue weighted by molar-refractivity contribution is -0.151. The molecule has 0 unspecified atom stereocenters. The number of nitrogens with one attached hydrogen (secondary N) is 2. The molecule has 1 aliphatic heterocycles. The summed E-state index contributed by atoms with van der Waals surface area (Å²) >= 11 is 0. The van der Waals surface area contributed by atoms with Gasteiger partial charge in [-0.05, 0) is 19.1 Å². The fourth-order valence-corrected chi connectivity index (χ4v) is 2.15. The molecule has 0 spiro atoms. The van der Waals surface area contributed by atoms with Crippen LogP contribution in [0, 0.1) is 0 Å². The van der Waals surface area contributed by atoms with E-state index in [0.29, 0.717) is 0 Å². The van der Waals surface area contributed by atoms with Crippen molar-refractivity contribution in [1.82, 2.24) is 15.5 Å². The second-order valence-electron chi connectivity index (χ2n) is 4.94. The topological polar surface area (TPSA) is 122 Å². The summed E-state index contributed by atoms with van der Waals surface area (Å²) in [5, 5.41) is 4.08. The lowest BCUT2D eigenvalue weighted by atomic mass is 10.1. The molecule has 9 heteroatoms. The van der Waals surface area contributed by atoms with Gasteiger partial charge < -0.3 is 10.1 Å². The molecule has 0 radical (unpaired) electrons. The van der Waals surface area contributed by atoms with Crippen LogP contribution in [0.2, 0.25) is 0 Å². The van der Waals surface area contributed by atoms with E-state index in [4.69, 9.17) is 4.74 Å². The van der Waals surface area contributed by atoms with Crippen LogP contribution in [-0.2, 0) is 14.3 Å². The fraction of sp³-hybridized carbons (Fsp3) is 0.267. The summed E-state index contributed by atoms with van der Waals surface area (Å²) in [5.41, 5.74) is 0.416. The number of benzene rings is 1. The number of carbonyl (C=O) groups is 5. The predicted octanol–water partition coefficient (Wildman–Crippen LogP) is -0.330. The van der Waals surface area contributed by atoms with Crippen LogP contribution >= 0.6 is 0 Å². The van der Waals surface area contributed by atoms with Crippen LogP contribution in [0.15, 0.2) is 24.3 Å². The van der Waals surface area contributed by atoms with E-state index in [1.165, 1.54) is 26.1 Å². The Morgan fingerprint density at radius 2 is 1.67 bits per heavy atom. The number of fused-ring (bicyclic) bond motifs is 1. The molecule has 0 aliphatic carbocycles. The quantitative estimate of drug-likeness (QED) is 0.575. The molecule has 126 valence electrons. The van der Waals surface area contributed by atoms with Gasteiger partial charge in [-0.1, -0.05) is 12.1 Å². The van der Waals surface area contributed by atoms with Crippen molar-refractivity contribution in [2.24, 2.45) is 0 Å². The highest BCUT2D eigenvalue weighted by atomic mass is 16.5. The van der Waals surface area contributed by atoms with Crippen molar-refractivity contribution in [1.29, 1.82) is 0 Å². The number of hydrogen-bond donors (Lipinski definition) is 2. The van der Waals surface area contributed by atoms with Gasteiger partial charge in [-0.15, -0.1) is 0 Å². The highest BCUT2D eigenvalue weighted by Gasteiger charge is 2.41. The Morgan fingerprint density at radius 1 is 1.12 bits per heavy atom. The van der Waals surface area contributed by atoms with Gasteiger partial charge in [0.2, 0.25) is 0 Å². The van der Waals surface area contributed by atoms with Crippen molar-refractivity contribution >= 4 is 29.7 Å². The molecule has 2 rings (SSSR count). The summed E-state index contributed by atoms with van der Waals surface area (Å²) in [6.07, 6.45) is 0. The largest absolute Gasteiger partial charge is 0.454 e. The van der Waals surface area contributed by atoms with Gasteiger partial charge in [0.05, 0.1) is 11.1 Å². The van der Waals surface area contributed by atoms with E-state index < -0.39 is 42.4 Å². The number of imide groups is 2. The number of nitrogens with zero attached hydrogens (tertiary/aromatic N) is 1. The van der Waals surface area contributed by atoms with Crippen LogP contribution in [0.25, 0.3) is 0 Å². The average molecular weight is 333 g/mol. The SMILES string of the molecule is CNC(=O)NC(=O)COC(=O)[C@H](C)N1C(=O)c2ccccc2C1=O. The number of ether oxygens (including phenoxy) is 1. The molecule has 0 saturated carbocycles. The third kappa shape index (κ3) is 3.24. The zero-order valence-electron chi connectivity index (χ0n) is 13.0. The van der Waals surface area contributed by atoms with E-state index in [1.807, 2.05) is 5.32 Å². The first-order valence-corrected chi connectivity index (χ1v) is 7.02. The van der Waals surface area contributed by atoms with Crippen LogP contribution in [0.3, 0.4) is 0 Å². The fourth-order valence-electron chi connectivity index (χ4n) is 2.15. The minimum atomic E-state index is -1.20. The smallest absolute Gasteiger partial charge is 0.329 e. The number of urea groups is 1. The second-order valence-corrected chi connectivity index (χ2v) is 4.94. The number of amides is 5. The first-order valence-electron chi connectivity index (χ1n) is 7.02. The third-order valence-electron chi connectivity index (χ3n) is 3.38. The molecule has 1 heterocycles. The zero-order chi connectivity index (χ0) is 17.9. The standard InChI is InChI=1S/C15H15N3O6/c1-8(14(22)24-7-11(19)17-15(23)16-2)18-12(20)9-5-3-4-6-10(9)13(18)21/h3-6,8H,7H2,1-2H3,(H2,16,17,19,23)/t8-/m0/s1. The molecule has 2 N–H and O–H groups in total. The van der Waals surface area contributed by atoms with Gasteiger partial charge in [-0.2, -0.15) is 0 Å². The Bertz CT molecular complexity index is 695. The number of carbonyl (C=O) groups excluding carboxylic acids is 5. The molecule has 1 aromatic carbocycles. The normalized spacial score (nSPS) is 14.0. The van der Waals surface area contributed by atoms with Crippen molar-refractivity contribution in [2.45, 2.75) is 13.0 Å². The van der Waals surface area contributed by atoms with Crippen molar-refractivity contribution in [3.05, 3.63) is 35.4 Å². The second kappa shape index (κ2) is 6.90. The molecule has 0 bridgehead atoms. The van der Waals surface area contributed by atoms with Gasteiger partial charge in [0.15, 0.2) is 6.61 Å². The van der Waals surface area contributed by atoms with Gasteiger partial charge in [-0.3, -0.25) is 24.6 Å². The van der Waals surface area contributed by atoms with E-state index in [9.17, 15) is 24.0 Å². The molecule has 1 aromatic rings. The highest BCUT2D eigenvalue weighted by Crippen LogP contribution is 2.24. The average Bonchev–Trinajstić information content (AvgIpc) is 2.83. The lowest BCUT2D eigenvalue weighted by Gasteiger charge is -2.20. The maximum absolute atomic E-state index is 12.2. The van der Waals surface area contributed by atoms with Crippen molar-refractivity contribution in [3.63, 3.8) is 0 Å². The van der Waals surface area contributed by atoms with Gasteiger partial charge >= 0.3 is 12.0 Å². The molecule has 24 heavy (non-hydrogen) atoms. The van der Waals surface area contributed by atoms with Crippen molar-refractivity contribution in [2.75, 3.05) is 13.7 Å². The number of hydrogen-bond acceptors (Lipinski definition) is 6. The summed E-state index contributed by atoms with van der Waals surface area (Å²) in [5.74, 6) is -2.97. The molecule has 0 aromatic heterocycles. The van der Waals surface area contributed by atoms with E-state index >= 15 is 0 Å². The summed E-state index contributed by atoms with van der Waals surface area (Å²) in [6, 6.07) is 4.25. The molecule has 9 nitrogen and oxygen atoms in total. The first-order chi connectivity index (χ1) is 11.4. The lowest BCUT2D eigenvalue weighted by Crippen LogP contribution is -2.45. The minimum Gasteiger partial charge on any atom is -0.454 e. The highest BCUT2D eigenvalue weighted by molar-refractivity contribution is 6.22. The molecule has 5 amide bonds. The van der Waals surface area contributed by atoms with E-state index in [2.05, 4.69) is 5.32 Å². The molecule has 0 fully saturated rings. The molecular weight excluding hydrogens is 318 g/mol. The predicted molar refractivity (Wildman–Crippen MR) is 80.0 cm³/mol. The van der Waals surface area contributed by atoms with Gasteiger partial charge in [0.1, 0.15) is 6.04 Å². The van der Waals surface area contributed by atoms with Crippen LogP contribution in [0.5, 0.6) is 0 Å². The van der Waals surface area contributed by atoms with E-state index in [1.54, 1.807) is 12.1 Å². The molecule has 0 saturated heterocycles. The van der Waals surface area contributed by atoms with E-state index in [-0.39, 0.29) is 11.1 Å². The first kappa shape index (κ1) is 17.1. The van der Waals surface area contributed by atoms with Crippen molar-refractivity contribution in [3.8, 4) is 0 Å². The van der Waals surface area contributed by atoms with Crippen molar-refractivity contribution < 1.29 is 28.7 Å². The minimum absolute atomic E-state index is 0.208. The number of rotatable bonds is 4. The maximum Gasteiger partial charge on any atom is 0.329 e. The third-order valence-corrected chi connectivity index (χ3v) is 3.38. The summed E-state index contributed by atoms with van der Waals surface area (Å²) in [6.45, 7) is 0.612. The summed E-state index contributed by atoms with van der Waals surface area (Å²) in [4.78, 5) is 59.6. The van der Waals surface area contributed by atoms with Crippen LogP contribution < -0.4 is 10.6 Å². The maximum atomic E-state index is 12.2.